The first-order valence-corrected chi connectivity index (χ1v) is 5.40. The minimum absolute atomic E-state index is 0.539. The van der Waals surface area contributed by atoms with Crippen molar-refractivity contribution in [3.8, 4) is 5.95 Å². The first-order chi connectivity index (χ1) is 7.86. The van der Waals surface area contributed by atoms with Gasteiger partial charge in [-0.1, -0.05) is 0 Å². The van der Waals surface area contributed by atoms with Gasteiger partial charge < -0.3 is 0 Å². The maximum Gasteiger partial charge on any atom is 0.251 e. The smallest absolute Gasteiger partial charge is 0.251 e. The van der Waals surface area contributed by atoms with E-state index in [-0.39, 0.29) is 0 Å². The van der Waals surface area contributed by atoms with Crippen molar-refractivity contribution < 1.29 is 0 Å². The molecule has 0 saturated carbocycles. The molecule has 0 aliphatic carbocycles. The lowest BCUT2D eigenvalue weighted by Crippen LogP contribution is -2.01. The lowest BCUT2D eigenvalue weighted by molar-refractivity contribution is 0.831. The predicted octanol–water partition coefficient (Wildman–Crippen LogP) is 1.97. The molecule has 0 bridgehead atoms. The zero-order chi connectivity index (χ0) is 11.0. The van der Waals surface area contributed by atoms with E-state index in [1.807, 2.05) is 0 Å². The number of rotatable bonds is 1. The quantitative estimate of drug-likeness (QED) is 0.682. The van der Waals surface area contributed by atoms with E-state index in [4.69, 9.17) is 0 Å². The molecule has 0 radical (unpaired) electrons. The fourth-order valence-corrected chi connectivity index (χ4v) is 1.89. The van der Waals surface area contributed by atoms with E-state index in [2.05, 4.69) is 36.0 Å². The molecule has 3 heterocycles. The molecule has 3 rings (SSSR count). The topological polar surface area (TPSA) is 56.5 Å². The number of hydrogen-bond donors (Lipinski definition) is 0. The number of pyridine rings is 1. The van der Waals surface area contributed by atoms with Crippen LogP contribution in [0.2, 0.25) is 0 Å². The first kappa shape index (κ1) is 9.41. The maximum absolute atomic E-state index is 4.25. The van der Waals surface area contributed by atoms with Gasteiger partial charge in [0.2, 0.25) is 0 Å². The third-order valence-electron chi connectivity index (χ3n) is 2.19. The monoisotopic (exact) mass is 275 g/mol. The molecule has 0 unspecified atom stereocenters. The van der Waals surface area contributed by atoms with Crippen molar-refractivity contribution in [1.82, 2.24) is 24.7 Å². The molecule has 0 spiro atoms. The van der Waals surface area contributed by atoms with Crippen molar-refractivity contribution in [2.75, 3.05) is 0 Å². The second-order valence-electron chi connectivity index (χ2n) is 3.16. The highest BCUT2D eigenvalue weighted by molar-refractivity contribution is 9.10. The Morgan fingerprint density at radius 2 is 1.88 bits per heavy atom. The largest absolute Gasteiger partial charge is 0.261 e. The van der Waals surface area contributed by atoms with Crippen LogP contribution in [0, 0.1) is 0 Å². The predicted molar refractivity (Wildman–Crippen MR) is 62.2 cm³/mol. The van der Waals surface area contributed by atoms with Gasteiger partial charge in [-0.15, -0.1) is 0 Å². The Balaban J connectivity index is 2.30. The zero-order valence-corrected chi connectivity index (χ0v) is 9.66. The molecule has 0 amide bonds. The van der Waals surface area contributed by atoms with Gasteiger partial charge in [-0.3, -0.25) is 4.98 Å². The van der Waals surface area contributed by atoms with Gasteiger partial charge in [0.05, 0.1) is 17.9 Å². The molecule has 0 N–H and O–H groups in total. The van der Waals surface area contributed by atoms with Crippen molar-refractivity contribution >= 4 is 26.8 Å². The second kappa shape index (κ2) is 3.64. The Kier molecular flexibility index (Phi) is 2.14. The van der Waals surface area contributed by atoms with E-state index in [9.17, 15) is 0 Å². The van der Waals surface area contributed by atoms with Crippen LogP contribution in [-0.2, 0) is 0 Å². The van der Waals surface area contributed by atoms with Gasteiger partial charge >= 0.3 is 0 Å². The summed E-state index contributed by atoms with van der Waals surface area (Å²) in [5, 5.41) is 5.24. The van der Waals surface area contributed by atoms with Gasteiger partial charge in [-0.25, -0.2) is 9.97 Å². The minimum Gasteiger partial charge on any atom is -0.261 e. The van der Waals surface area contributed by atoms with Crippen LogP contribution in [0.3, 0.4) is 0 Å². The minimum atomic E-state index is 0.539. The summed E-state index contributed by atoms with van der Waals surface area (Å²) in [6.45, 7) is 0. The molecule has 3 aromatic rings. The molecule has 16 heavy (non-hydrogen) atoms. The van der Waals surface area contributed by atoms with E-state index in [1.165, 1.54) is 0 Å². The van der Waals surface area contributed by atoms with E-state index < -0.39 is 0 Å². The van der Waals surface area contributed by atoms with Crippen molar-refractivity contribution in [3.05, 3.63) is 41.5 Å². The van der Waals surface area contributed by atoms with Crippen LogP contribution in [-0.4, -0.2) is 24.7 Å². The summed E-state index contributed by atoms with van der Waals surface area (Å²) in [6.07, 6.45) is 8.60. The van der Waals surface area contributed by atoms with Crippen molar-refractivity contribution in [2.24, 2.45) is 0 Å². The summed E-state index contributed by atoms with van der Waals surface area (Å²) in [5.74, 6) is 0.539. The summed E-state index contributed by atoms with van der Waals surface area (Å²) in [6, 6.07) is 1.77. The standard InChI is InChI=1S/C10H6BrN5/c11-8-5-12-6-9-7(8)4-15-16(9)10-13-2-1-3-14-10/h1-6H. The van der Waals surface area contributed by atoms with Crippen LogP contribution >= 0.6 is 15.9 Å². The van der Waals surface area contributed by atoms with Gasteiger partial charge in [-0.05, 0) is 22.0 Å². The SMILES string of the molecule is Brc1cncc2c1cnn2-c1ncccn1. The highest BCUT2D eigenvalue weighted by Gasteiger charge is 2.08. The molecule has 0 atom stereocenters. The third kappa shape index (κ3) is 1.38. The summed E-state index contributed by atoms with van der Waals surface area (Å²) >= 11 is 3.43. The van der Waals surface area contributed by atoms with Crippen molar-refractivity contribution in [2.45, 2.75) is 0 Å². The van der Waals surface area contributed by atoms with Gasteiger partial charge in [0.1, 0.15) is 0 Å². The van der Waals surface area contributed by atoms with Gasteiger partial charge in [0.15, 0.2) is 0 Å². The molecule has 3 aromatic heterocycles. The Morgan fingerprint density at radius 3 is 2.69 bits per heavy atom. The molecule has 6 heteroatoms. The summed E-state index contributed by atoms with van der Waals surface area (Å²) in [4.78, 5) is 12.4. The van der Waals surface area contributed by atoms with Crippen molar-refractivity contribution in [3.63, 3.8) is 0 Å². The Labute approximate surface area is 99.3 Å². The lowest BCUT2D eigenvalue weighted by Gasteiger charge is -1.99. The second-order valence-corrected chi connectivity index (χ2v) is 4.01. The fourth-order valence-electron chi connectivity index (χ4n) is 1.47. The molecule has 0 aliphatic rings. The van der Waals surface area contributed by atoms with Gasteiger partial charge in [-0.2, -0.15) is 9.78 Å². The molecule has 0 aromatic carbocycles. The average molecular weight is 276 g/mol. The lowest BCUT2D eigenvalue weighted by atomic mass is 10.3. The van der Waals surface area contributed by atoms with Gasteiger partial charge in [0, 0.05) is 28.4 Å². The zero-order valence-electron chi connectivity index (χ0n) is 8.08. The molecule has 78 valence electrons. The number of aromatic nitrogens is 5. The molecular formula is C10H6BrN5. The normalized spacial score (nSPS) is 10.8. The molecule has 5 nitrogen and oxygen atoms in total. The third-order valence-corrected chi connectivity index (χ3v) is 2.82. The van der Waals surface area contributed by atoms with E-state index >= 15 is 0 Å². The summed E-state index contributed by atoms with van der Waals surface area (Å²) in [5.41, 5.74) is 0.876. The van der Waals surface area contributed by atoms with Crippen LogP contribution in [0.4, 0.5) is 0 Å². The van der Waals surface area contributed by atoms with Crippen molar-refractivity contribution in [1.29, 1.82) is 0 Å². The van der Waals surface area contributed by atoms with Crippen LogP contribution in [0.1, 0.15) is 0 Å². The van der Waals surface area contributed by atoms with Gasteiger partial charge in [0.25, 0.3) is 5.95 Å². The first-order valence-electron chi connectivity index (χ1n) is 4.61. The van der Waals surface area contributed by atoms with Crippen LogP contribution < -0.4 is 0 Å². The van der Waals surface area contributed by atoms with E-state index in [0.29, 0.717) is 5.95 Å². The average Bonchev–Trinajstić information content (AvgIpc) is 2.75. The number of hydrogen-bond acceptors (Lipinski definition) is 4. The van der Waals surface area contributed by atoms with E-state index in [0.717, 1.165) is 15.4 Å². The van der Waals surface area contributed by atoms with Crippen LogP contribution in [0.25, 0.3) is 16.9 Å². The summed E-state index contributed by atoms with van der Waals surface area (Å²) < 4.78 is 2.57. The molecular weight excluding hydrogens is 270 g/mol. The van der Waals surface area contributed by atoms with Crippen LogP contribution in [0.15, 0.2) is 41.5 Å². The molecule has 0 aliphatic heterocycles. The number of halogens is 1. The molecule has 0 saturated heterocycles. The fraction of sp³-hybridized carbons (Fsp3) is 0. The Bertz CT molecular complexity index is 634. The summed E-state index contributed by atoms with van der Waals surface area (Å²) in [7, 11) is 0. The Hall–Kier alpha value is -1.82. The highest BCUT2D eigenvalue weighted by Crippen LogP contribution is 2.22. The number of nitrogens with zero attached hydrogens (tertiary/aromatic N) is 5. The molecule has 0 fully saturated rings. The van der Waals surface area contributed by atoms with E-state index in [1.54, 1.807) is 41.7 Å². The number of fused-ring (bicyclic) bond motifs is 1. The highest BCUT2D eigenvalue weighted by atomic mass is 79.9. The maximum atomic E-state index is 4.25. The Morgan fingerprint density at radius 1 is 1.06 bits per heavy atom. The van der Waals surface area contributed by atoms with Crippen LogP contribution in [0.5, 0.6) is 0 Å².